The van der Waals surface area contributed by atoms with Gasteiger partial charge in [-0.3, -0.25) is 4.79 Å². The van der Waals surface area contributed by atoms with Gasteiger partial charge < -0.3 is 21.1 Å². The number of aliphatic hydroxyl groups is 1. The minimum absolute atomic E-state index is 0.00436. The zero-order chi connectivity index (χ0) is 15.3. The van der Waals surface area contributed by atoms with Gasteiger partial charge in [-0.15, -0.1) is 0 Å². The Kier molecular flexibility index (Phi) is 5.39. The average Bonchev–Trinajstić information content (AvgIpc) is 2.44. The van der Waals surface area contributed by atoms with Crippen molar-refractivity contribution in [3.8, 4) is 0 Å². The van der Waals surface area contributed by atoms with Crippen LogP contribution in [0.2, 0.25) is 0 Å². The fraction of sp³-hybridized carbons (Fsp3) is 0.533. The second-order valence-corrected chi connectivity index (χ2v) is 5.28. The summed E-state index contributed by atoms with van der Waals surface area (Å²) in [6.45, 7) is 4.02. The van der Waals surface area contributed by atoms with Crippen LogP contribution in [0.3, 0.4) is 0 Å². The molecule has 0 aromatic heterocycles. The molecular formula is C15H25N3O2. The molecule has 0 heterocycles. The van der Waals surface area contributed by atoms with E-state index >= 15 is 0 Å². The molecule has 0 aliphatic heterocycles. The summed E-state index contributed by atoms with van der Waals surface area (Å²) < 4.78 is 0. The Morgan fingerprint density at radius 1 is 1.35 bits per heavy atom. The van der Waals surface area contributed by atoms with Crippen LogP contribution in [0.15, 0.2) is 18.2 Å². The zero-order valence-corrected chi connectivity index (χ0v) is 12.7. The maximum atomic E-state index is 12.2. The summed E-state index contributed by atoms with van der Waals surface area (Å²) in [5.74, 6) is -0.0912. The third kappa shape index (κ3) is 3.42. The summed E-state index contributed by atoms with van der Waals surface area (Å²) in [4.78, 5) is 13.7. The Balaban J connectivity index is 3.22. The first-order chi connectivity index (χ1) is 9.39. The van der Waals surface area contributed by atoms with E-state index in [0.29, 0.717) is 16.9 Å². The summed E-state index contributed by atoms with van der Waals surface area (Å²) in [7, 11) is 3.42. The van der Waals surface area contributed by atoms with Crippen molar-refractivity contribution in [2.45, 2.75) is 32.2 Å². The van der Waals surface area contributed by atoms with Crippen LogP contribution >= 0.6 is 0 Å². The van der Waals surface area contributed by atoms with Crippen LogP contribution in [0.4, 0.5) is 11.4 Å². The number of rotatable bonds is 6. The fourth-order valence-corrected chi connectivity index (χ4v) is 2.07. The molecule has 0 fully saturated rings. The van der Waals surface area contributed by atoms with Crippen LogP contribution in [0, 0.1) is 0 Å². The number of benzene rings is 1. The van der Waals surface area contributed by atoms with E-state index in [2.05, 4.69) is 5.32 Å². The van der Waals surface area contributed by atoms with E-state index in [-0.39, 0.29) is 12.5 Å². The van der Waals surface area contributed by atoms with Crippen LogP contribution < -0.4 is 11.1 Å². The molecule has 1 aromatic carbocycles. The highest BCUT2D eigenvalue weighted by Crippen LogP contribution is 2.27. The molecule has 0 aliphatic rings. The van der Waals surface area contributed by atoms with Gasteiger partial charge in [0.1, 0.15) is 0 Å². The lowest BCUT2D eigenvalue weighted by Gasteiger charge is -2.33. The minimum Gasteiger partial charge on any atom is -0.399 e. The molecule has 0 bridgehead atoms. The normalized spacial score (nSPS) is 11.2. The smallest absolute Gasteiger partial charge is 0.255 e. The number of hydrogen-bond donors (Lipinski definition) is 3. The van der Waals surface area contributed by atoms with E-state index in [4.69, 9.17) is 5.73 Å². The highest BCUT2D eigenvalue weighted by molar-refractivity contribution is 6.00. The van der Waals surface area contributed by atoms with Gasteiger partial charge in [-0.1, -0.05) is 13.8 Å². The van der Waals surface area contributed by atoms with Crippen LogP contribution in [0.5, 0.6) is 0 Å². The van der Waals surface area contributed by atoms with Crippen molar-refractivity contribution >= 4 is 17.3 Å². The van der Waals surface area contributed by atoms with Crippen LogP contribution in [-0.2, 0) is 0 Å². The lowest BCUT2D eigenvalue weighted by Crippen LogP contribution is -2.41. The van der Waals surface area contributed by atoms with Crippen LogP contribution in [-0.4, -0.2) is 42.2 Å². The van der Waals surface area contributed by atoms with Crippen molar-refractivity contribution in [2.24, 2.45) is 0 Å². The Morgan fingerprint density at radius 3 is 2.40 bits per heavy atom. The van der Waals surface area contributed by atoms with Crippen molar-refractivity contribution < 1.29 is 9.90 Å². The molecule has 0 atom stereocenters. The molecule has 5 heteroatoms. The number of nitrogens with two attached hydrogens (primary N) is 1. The molecule has 0 radical (unpaired) electrons. The topological polar surface area (TPSA) is 78.6 Å². The average molecular weight is 279 g/mol. The Labute approximate surface area is 120 Å². The summed E-state index contributed by atoms with van der Waals surface area (Å²) >= 11 is 0. The van der Waals surface area contributed by atoms with Crippen molar-refractivity contribution in [3.63, 3.8) is 0 Å². The summed E-state index contributed by atoms with van der Waals surface area (Å²) in [6.07, 6.45) is 1.51. The van der Waals surface area contributed by atoms with E-state index in [0.717, 1.165) is 12.8 Å². The molecule has 0 saturated heterocycles. The molecule has 112 valence electrons. The molecule has 20 heavy (non-hydrogen) atoms. The number of amides is 1. The van der Waals surface area contributed by atoms with Crippen molar-refractivity contribution in [2.75, 3.05) is 31.8 Å². The SMILES string of the molecule is CCC(CC)(CO)Nc1cc(N)ccc1C(=O)N(C)C. The van der Waals surface area contributed by atoms with Gasteiger partial charge in [0.15, 0.2) is 0 Å². The van der Waals surface area contributed by atoms with Gasteiger partial charge in [-0.05, 0) is 31.0 Å². The highest BCUT2D eigenvalue weighted by Gasteiger charge is 2.27. The molecule has 0 saturated carbocycles. The van der Waals surface area contributed by atoms with Crippen LogP contribution in [0.25, 0.3) is 0 Å². The quantitative estimate of drug-likeness (QED) is 0.695. The van der Waals surface area contributed by atoms with Gasteiger partial charge >= 0.3 is 0 Å². The van der Waals surface area contributed by atoms with Crippen molar-refractivity contribution in [1.82, 2.24) is 4.90 Å². The lowest BCUT2D eigenvalue weighted by atomic mass is 9.93. The molecule has 0 spiro atoms. The molecule has 0 unspecified atom stereocenters. The number of anilines is 2. The summed E-state index contributed by atoms with van der Waals surface area (Å²) in [6, 6.07) is 5.17. The number of carbonyl (C=O) groups is 1. The fourth-order valence-electron chi connectivity index (χ4n) is 2.07. The van der Waals surface area contributed by atoms with Gasteiger partial charge in [0.2, 0.25) is 0 Å². The monoisotopic (exact) mass is 279 g/mol. The number of aliphatic hydroxyl groups excluding tert-OH is 1. The summed E-state index contributed by atoms with van der Waals surface area (Å²) in [5.41, 5.74) is 7.20. The molecule has 1 aromatic rings. The predicted octanol–water partition coefficient (Wildman–Crippen LogP) is 1.93. The maximum Gasteiger partial charge on any atom is 0.255 e. The lowest BCUT2D eigenvalue weighted by molar-refractivity contribution is 0.0828. The Hall–Kier alpha value is -1.75. The van der Waals surface area contributed by atoms with E-state index < -0.39 is 5.54 Å². The molecule has 1 rings (SSSR count). The second-order valence-electron chi connectivity index (χ2n) is 5.28. The molecule has 5 nitrogen and oxygen atoms in total. The molecule has 0 aliphatic carbocycles. The predicted molar refractivity (Wildman–Crippen MR) is 82.9 cm³/mol. The number of carbonyl (C=O) groups excluding carboxylic acids is 1. The van der Waals surface area contributed by atoms with Gasteiger partial charge in [-0.2, -0.15) is 0 Å². The standard InChI is InChI=1S/C15H25N3O2/c1-5-15(6-2,10-19)17-13-9-11(16)7-8-12(13)14(20)18(3)4/h7-9,17,19H,5-6,10,16H2,1-4H3. The van der Waals surface area contributed by atoms with Crippen molar-refractivity contribution in [1.29, 1.82) is 0 Å². The maximum absolute atomic E-state index is 12.2. The van der Waals surface area contributed by atoms with Crippen LogP contribution in [0.1, 0.15) is 37.0 Å². The Bertz CT molecular complexity index is 460. The van der Waals surface area contributed by atoms with Gasteiger partial charge in [-0.25, -0.2) is 0 Å². The highest BCUT2D eigenvalue weighted by atomic mass is 16.3. The van der Waals surface area contributed by atoms with Gasteiger partial charge in [0.25, 0.3) is 5.91 Å². The first kappa shape index (κ1) is 16.3. The van der Waals surface area contributed by atoms with E-state index in [9.17, 15) is 9.90 Å². The first-order valence-electron chi connectivity index (χ1n) is 6.89. The number of nitrogens with one attached hydrogen (secondary N) is 1. The zero-order valence-electron chi connectivity index (χ0n) is 12.7. The number of hydrogen-bond acceptors (Lipinski definition) is 4. The third-order valence-corrected chi connectivity index (χ3v) is 3.74. The number of nitrogens with zero attached hydrogens (tertiary/aromatic N) is 1. The second kappa shape index (κ2) is 6.61. The number of nitrogen functional groups attached to an aromatic ring is 1. The third-order valence-electron chi connectivity index (χ3n) is 3.74. The van der Waals surface area contributed by atoms with Gasteiger partial charge in [0, 0.05) is 25.5 Å². The van der Waals surface area contributed by atoms with E-state index in [1.54, 1.807) is 32.3 Å². The van der Waals surface area contributed by atoms with Crippen molar-refractivity contribution in [3.05, 3.63) is 23.8 Å². The van der Waals surface area contributed by atoms with Gasteiger partial charge in [0.05, 0.1) is 17.7 Å². The molecule has 1 amide bonds. The molecule has 4 N–H and O–H groups in total. The van der Waals surface area contributed by atoms with E-state index in [1.807, 2.05) is 13.8 Å². The largest absolute Gasteiger partial charge is 0.399 e. The molecular weight excluding hydrogens is 254 g/mol. The minimum atomic E-state index is -0.435. The Morgan fingerprint density at radius 2 is 1.95 bits per heavy atom. The summed E-state index contributed by atoms with van der Waals surface area (Å²) in [5, 5.41) is 13.0. The first-order valence-corrected chi connectivity index (χ1v) is 6.89. The van der Waals surface area contributed by atoms with E-state index in [1.165, 1.54) is 4.90 Å².